The first kappa shape index (κ1) is 21.2. The van der Waals surface area contributed by atoms with Gasteiger partial charge >= 0.3 is 0 Å². The number of benzene rings is 1. The fourth-order valence-corrected chi connectivity index (χ4v) is 3.55. The first-order valence-corrected chi connectivity index (χ1v) is 10.1. The number of hydrogen-bond donors (Lipinski definition) is 1. The predicted octanol–water partition coefficient (Wildman–Crippen LogP) is 4.30. The summed E-state index contributed by atoms with van der Waals surface area (Å²) in [4.78, 5) is 22.2. The van der Waals surface area contributed by atoms with Gasteiger partial charge in [-0.25, -0.2) is 9.37 Å². The summed E-state index contributed by atoms with van der Waals surface area (Å²) in [6.07, 6.45) is 1.75. The van der Waals surface area contributed by atoms with Crippen LogP contribution in [-0.2, 0) is 9.53 Å². The van der Waals surface area contributed by atoms with Gasteiger partial charge in [0.05, 0.1) is 18.7 Å². The first-order chi connectivity index (χ1) is 13.8. The van der Waals surface area contributed by atoms with Crippen LogP contribution in [0.5, 0.6) is 0 Å². The topological polar surface area (TPSA) is 67.4 Å². The number of rotatable bonds is 7. The lowest BCUT2D eigenvalue weighted by molar-refractivity contribution is -0.115. The first-order valence-electron chi connectivity index (χ1n) is 10.1. The minimum Gasteiger partial charge on any atom is -0.349 e. The average molecular weight is 400 g/mol. The lowest BCUT2D eigenvalue weighted by Gasteiger charge is -2.29. The van der Waals surface area contributed by atoms with E-state index < -0.39 is 6.23 Å². The highest BCUT2D eigenvalue weighted by Gasteiger charge is 2.37. The number of nitrogens with zero attached hydrogens (tertiary/aromatic N) is 3. The quantitative estimate of drug-likeness (QED) is 0.699. The fourth-order valence-electron chi connectivity index (χ4n) is 3.55. The Hall–Kier alpha value is -2.54. The van der Waals surface area contributed by atoms with Crippen LogP contribution in [0.1, 0.15) is 57.7 Å². The highest BCUT2D eigenvalue weighted by molar-refractivity contribution is 5.64. The van der Waals surface area contributed by atoms with E-state index in [1.807, 2.05) is 31.7 Å². The van der Waals surface area contributed by atoms with Gasteiger partial charge in [-0.1, -0.05) is 39.8 Å². The molecule has 1 aromatic carbocycles. The monoisotopic (exact) mass is 400 g/mol. The van der Waals surface area contributed by atoms with Crippen molar-refractivity contribution >= 4 is 18.1 Å². The van der Waals surface area contributed by atoms with E-state index in [2.05, 4.69) is 29.1 Å². The molecule has 3 atom stereocenters. The molecule has 156 valence electrons. The average Bonchev–Trinajstić information content (AvgIpc) is 3.12. The van der Waals surface area contributed by atoms with Crippen molar-refractivity contribution in [2.24, 2.45) is 5.92 Å². The van der Waals surface area contributed by atoms with E-state index in [-0.39, 0.29) is 23.8 Å². The summed E-state index contributed by atoms with van der Waals surface area (Å²) in [5, 5.41) is 3.17. The third-order valence-corrected chi connectivity index (χ3v) is 5.36. The molecule has 1 aromatic heterocycles. The highest BCUT2D eigenvalue weighted by atomic mass is 19.1. The van der Waals surface area contributed by atoms with Gasteiger partial charge < -0.3 is 15.0 Å². The Kier molecular flexibility index (Phi) is 6.47. The van der Waals surface area contributed by atoms with Gasteiger partial charge in [0.1, 0.15) is 11.6 Å². The normalized spacial score (nSPS) is 20.3. The van der Waals surface area contributed by atoms with E-state index >= 15 is 0 Å². The number of aromatic nitrogens is 2. The van der Waals surface area contributed by atoms with Gasteiger partial charge in [0.15, 0.2) is 12.5 Å². The van der Waals surface area contributed by atoms with Crippen molar-refractivity contribution in [1.82, 2.24) is 9.97 Å². The van der Waals surface area contributed by atoms with E-state index in [1.54, 1.807) is 24.4 Å². The van der Waals surface area contributed by atoms with Crippen LogP contribution in [0.25, 0.3) is 0 Å². The highest BCUT2D eigenvalue weighted by Crippen LogP contribution is 2.29. The molecule has 0 aliphatic carbocycles. The largest absolute Gasteiger partial charge is 0.349 e. The number of anilines is 2. The number of carbonyl (C=O) groups excluding carboxylic acids is 1. The maximum atomic E-state index is 14.6. The molecule has 1 N–H and O–H groups in total. The molecule has 7 heteroatoms. The Labute approximate surface area is 171 Å². The lowest BCUT2D eigenvalue weighted by atomic mass is 9.99. The second kappa shape index (κ2) is 8.86. The van der Waals surface area contributed by atoms with Gasteiger partial charge in [-0.2, -0.15) is 4.98 Å². The van der Waals surface area contributed by atoms with Crippen molar-refractivity contribution in [3.63, 3.8) is 0 Å². The van der Waals surface area contributed by atoms with E-state index in [4.69, 9.17) is 4.74 Å². The summed E-state index contributed by atoms with van der Waals surface area (Å²) in [5.74, 6) is 1.30. The maximum absolute atomic E-state index is 14.6. The van der Waals surface area contributed by atoms with Crippen molar-refractivity contribution in [2.75, 3.05) is 16.8 Å². The summed E-state index contributed by atoms with van der Waals surface area (Å²) in [5.41, 5.74) is 1.52. The summed E-state index contributed by atoms with van der Waals surface area (Å²) in [7, 11) is 0. The van der Waals surface area contributed by atoms with Gasteiger partial charge in [0.25, 0.3) is 0 Å². The molecule has 2 aromatic rings. The number of nitrogens with one attached hydrogen (secondary N) is 1. The van der Waals surface area contributed by atoms with Gasteiger partial charge in [0.2, 0.25) is 5.95 Å². The number of aldehydes is 1. The predicted molar refractivity (Wildman–Crippen MR) is 111 cm³/mol. The molecule has 2 heterocycles. The van der Waals surface area contributed by atoms with Crippen molar-refractivity contribution in [3.8, 4) is 0 Å². The van der Waals surface area contributed by atoms with Crippen LogP contribution in [0, 0.1) is 11.7 Å². The zero-order chi connectivity index (χ0) is 21.1. The van der Waals surface area contributed by atoms with Gasteiger partial charge in [0, 0.05) is 11.8 Å². The molecule has 0 spiro atoms. The van der Waals surface area contributed by atoms with Crippen LogP contribution in [0.2, 0.25) is 0 Å². The minimum absolute atomic E-state index is 0.0476. The minimum atomic E-state index is -0.663. The summed E-state index contributed by atoms with van der Waals surface area (Å²) in [6.45, 7) is 10.6. The van der Waals surface area contributed by atoms with E-state index in [0.29, 0.717) is 29.9 Å². The molecule has 1 fully saturated rings. The molecule has 1 unspecified atom stereocenters. The number of halogens is 1. The van der Waals surface area contributed by atoms with Crippen LogP contribution in [0.15, 0.2) is 30.5 Å². The lowest BCUT2D eigenvalue weighted by Crippen LogP contribution is -2.41. The van der Waals surface area contributed by atoms with Gasteiger partial charge in [-0.15, -0.1) is 0 Å². The van der Waals surface area contributed by atoms with Crippen LogP contribution < -0.4 is 10.2 Å². The van der Waals surface area contributed by atoms with Crippen LogP contribution in [0.3, 0.4) is 0 Å². The van der Waals surface area contributed by atoms with Gasteiger partial charge in [-0.05, 0) is 36.5 Å². The third-order valence-electron chi connectivity index (χ3n) is 5.36. The molecule has 0 radical (unpaired) electrons. The zero-order valence-corrected chi connectivity index (χ0v) is 17.6. The second-order valence-electron chi connectivity index (χ2n) is 8.12. The fraction of sp³-hybridized carbons (Fsp3) is 0.500. The summed E-state index contributed by atoms with van der Waals surface area (Å²) < 4.78 is 20.2. The summed E-state index contributed by atoms with van der Waals surface area (Å²) in [6, 6.07) is 6.82. The van der Waals surface area contributed by atoms with Crippen molar-refractivity contribution in [1.29, 1.82) is 0 Å². The molecular formula is C22H29FN4O2. The molecule has 6 nitrogen and oxygen atoms in total. The number of ether oxygens (including phenoxy) is 1. The Morgan fingerprint density at radius 3 is 2.62 bits per heavy atom. The molecule has 1 aliphatic heterocycles. The van der Waals surface area contributed by atoms with Crippen LogP contribution in [-0.4, -0.2) is 35.1 Å². The Morgan fingerprint density at radius 2 is 2.00 bits per heavy atom. The molecule has 0 bridgehead atoms. The molecular weight excluding hydrogens is 371 g/mol. The van der Waals surface area contributed by atoms with Crippen LogP contribution in [0.4, 0.5) is 16.2 Å². The van der Waals surface area contributed by atoms with Crippen molar-refractivity contribution in [3.05, 3.63) is 47.4 Å². The smallest absolute Gasteiger partial charge is 0.225 e. The molecule has 0 saturated carbocycles. The SMILES string of the molecule is CC(C)c1ccc([C@H](C)Nc2nccc(N3C(C=O)OC[C@@H]3C(C)C)n2)c(F)c1. The Bertz CT molecular complexity index is 858. The molecule has 0 amide bonds. The van der Waals surface area contributed by atoms with Crippen molar-refractivity contribution in [2.45, 2.75) is 58.8 Å². The summed E-state index contributed by atoms with van der Waals surface area (Å²) >= 11 is 0. The molecule has 1 aliphatic rings. The van der Waals surface area contributed by atoms with E-state index in [1.165, 1.54) is 0 Å². The van der Waals surface area contributed by atoms with Crippen LogP contribution >= 0.6 is 0 Å². The maximum Gasteiger partial charge on any atom is 0.225 e. The van der Waals surface area contributed by atoms with Gasteiger partial charge in [-0.3, -0.25) is 4.79 Å². The number of carbonyl (C=O) groups is 1. The Balaban J connectivity index is 1.82. The van der Waals surface area contributed by atoms with E-state index in [9.17, 15) is 9.18 Å². The number of hydrogen-bond acceptors (Lipinski definition) is 6. The third kappa shape index (κ3) is 4.56. The molecule has 3 rings (SSSR count). The Morgan fingerprint density at radius 1 is 1.24 bits per heavy atom. The van der Waals surface area contributed by atoms with Crippen molar-refractivity contribution < 1.29 is 13.9 Å². The second-order valence-corrected chi connectivity index (χ2v) is 8.12. The zero-order valence-electron chi connectivity index (χ0n) is 17.6. The molecule has 29 heavy (non-hydrogen) atoms. The van der Waals surface area contributed by atoms with E-state index in [0.717, 1.165) is 11.8 Å². The molecule has 1 saturated heterocycles. The standard InChI is InChI=1S/C22H29FN4O2/c1-13(2)16-6-7-17(18(23)10-16)15(5)25-22-24-9-8-20(26-22)27-19(14(3)4)12-29-21(27)11-28/h6-11,13-15,19,21H,12H2,1-5H3,(H,24,25,26)/t15-,19+,21?/m0/s1.